The van der Waals surface area contributed by atoms with Crippen molar-refractivity contribution in [3.63, 3.8) is 0 Å². The normalized spacial score (nSPS) is 18.0. The Bertz CT molecular complexity index is 957. The summed E-state index contributed by atoms with van der Waals surface area (Å²) in [5.74, 6) is 0.0430. The van der Waals surface area contributed by atoms with Crippen molar-refractivity contribution in [3.8, 4) is 6.07 Å². The van der Waals surface area contributed by atoms with E-state index in [-0.39, 0.29) is 18.2 Å². The van der Waals surface area contributed by atoms with Gasteiger partial charge in [-0.15, -0.1) is 0 Å². The van der Waals surface area contributed by atoms with Gasteiger partial charge >= 0.3 is 0 Å². The second-order valence-electron chi connectivity index (χ2n) is 6.03. The lowest BCUT2D eigenvalue weighted by Crippen LogP contribution is -2.39. The molecule has 4 rings (SSSR count). The summed E-state index contributed by atoms with van der Waals surface area (Å²) >= 11 is 0. The molecule has 7 nitrogen and oxygen atoms in total. The van der Waals surface area contributed by atoms with Crippen LogP contribution in [0.3, 0.4) is 0 Å². The van der Waals surface area contributed by atoms with E-state index in [4.69, 9.17) is 5.26 Å². The summed E-state index contributed by atoms with van der Waals surface area (Å²) in [6.45, 7) is 1.31. The van der Waals surface area contributed by atoms with E-state index in [1.165, 1.54) is 0 Å². The summed E-state index contributed by atoms with van der Waals surface area (Å²) < 4.78 is 0. The van der Waals surface area contributed by atoms with Crippen LogP contribution in [0.5, 0.6) is 0 Å². The first-order chi connectivity index (χ1) is 11.8. The number of H-pyrrole nitrogens is 1. The Labute approximate surface area is 138 Å². The van der Waals surface area contributed by atoms with Crippen LogP contribution in [-0.4, -0.2) is 43.8 Å². The zero-order valence-corrected chi connectivity index (χ0v) is 13.1. The van der Waals surface area contributed by atoms with Crippen LogP contribution in [0.15, 0.2) is 24.8 Å². The zero-order chi connectivity index (χ0) is 16.5. The molecule has 3 aromatic heterocycles. The predicted molar refractivity (Wildman–Crippen MR) is 88.0 cm³/mol. The zero-order valence-electron chi connectivity index (χ0n) is 13.1. The summed E-state index contributed by atoms with van der Waals surface area (Å²) in [6, 6.07) is 3.93. The number of carbonyl (C=O) groups is 1. The molecule has 1 fully saturated rings. The fourth-order valence-electron chi connectivity index (χ4n) is 3.50. The van der Waals surface area contributed by atoms with Gasteiger partial charge in [0.2, 0.25) is 5.91 Å². The van der Waals surface area contributed by atoms with Gasteiger partial charge in [0.15, 0.2) is 0 Å². The lowest BCUT2D eigenvalue weighted by molar-refractivity contribution is -0.131. The number of aromatic amines is 1. The first-order valence-electron chi connectivity index (χ1n) is 7.99. The van der Waals surface area contributed by atoms with Gasteiger partial charge in [0.05, 0.1) is 23.5 Å². The molecule has 0 aliphatic carbocycles. The first-order valence-corrected chi connectivity index (χ1v) is 7.99. The molecule has 0 aromatic carbocycles. The standard InChI is InChI=1S/C17H16N6O/c18-5-3-14(24)23-7-1-2-11(9-23)16-15-12-4-6-19-17(12)20-8-13(15)21-10-22-16/h4,6,8,10-11H,1-3,7,9H2,(H,19,20). The lowest BCUT2D eigenvalue weighted by Gasteiger charge is -2.32. The molecule has 1 N–H and O–H groups in total. The van der Waals surface area contributed by atoms with Crippen molar-refractivity contribution in [1.29, 1.82) is 5.26 Å². The highest BCUT2D eigenvalue weighted by atomic mass is 16.2. The summed E-state index contributed by atoms with van der Waals surface area (Å²) in [4.78, 5) is 30.2. The minimum absolute atomic E-state index is 0.0663. The third kappa shape index (κ3) is 2.36. The van der Waals surface area contributed by atoms with E-state index in [0.29, 0.717) is 13.1 Å². The average molecular weight is 320 g/mol. The van der Waals surface area contributed by atoms with E-state index >= 15 is 0 Å². The highest BCUT2D eigenvalue weighted by Gasteiger charge is 2.27. The van der Waals surface area contributed by atoms with Crippen LogP contribution >= 0.6 is 0 Å². The smallest absolute Gasteiger partial charge is 0.236 e. The van der Waals surface area contributed by atoms with Gasteiger partial charge in [0, 0.05) is 36.0 Å². The molecule has 4 heterocycles. The first kappa shape index (κ1) is 14.6. The highest BCUT2D eigenvalue weighted by molar-refractivity contribution is 6.04. The van der Waals surface area contributed by atoms with E-state index < -0.39 is 0 Å². The second-order valence-corrected chi connectivity index (χ2v) is 6.03. The van der Waals surface area contributed by atoms with Gasteiger partial charge in [0.25, 0.3) is 0 Å². The molecular weight excluding hydrogens is 304 g/mol. The number of aromatic nitrogens is 4. The van der Waals surface area contributed by atoms with Gasteiger partial charge in [0.1, 0.15) is 18.4 Å². The van der Waals surface area contributed by atoms with E-state index in [0.717, 1.165) is 40.5 Å². The number of carbonyl (C=O) groups excluding carboxylic acids is 1. The minimum Gasteiger partial charge on any atom is -0.346 e. The van der Waals surface area contributed by atoms with Gasteiger partial charge in [-0.25, -0.2) is 15.0 Å². The number of nitriles is 1. The quantitative estimate of drug-likeness (QED) is 0.780. The van der Waals surface area contributed by atoms with Crippen LogP contribution in [0.25, 0.3) is 21.9 Å². The molecule has 0 radical (unpaired) electrons. The monoisotopic (exact) mass is 320 g/mol. The second kappa shape index (κ2) is 5.89. The molecule has 1 unspecified atom stereocenters. The maximum atomic E-state index is 12.1. The van der Waals surface area contributed by atoms with Crippen molar-refractivity contribution in [3.05, 3.63) is 30.5 Å². The molecule has 1 amide bonds. The van der Waals surface area contributed by atoms with E-state index in [9.17, 15) is 4.79 Å². The van der Waals surface area contributed by atoms with Crippen molar-refractivity contribution in [2.24, 2.45) is 0 Å². The molecule has 0 spiro atoms. The maximum absolute atomic E-state index is 12.1. The number of pyridine rings is 1. The Morgan fingerprint density at radius 2 is 2.33 bits per heavy atom. The number of rotatable bonds is 2. The van der Waals surface area contributed by atoms with Gasteiger partial charge in [-0.2, -0.15) is 5.26 Å². The fraction of sp³-hybridized carbons (Fsp3) is 0.353. The van der Waals surface area contributed by atoms with Crippen molar-refractivity contribution >= 4 is 27.8 Å². The third-order valence-electron chi connectivity index (χ3n) is 4.61. The molecule has 0 bridgehead atoms. The molecule has 3 aromatic rings. The lowest BCUT2D eigenvalue weighted by atomic mass is 9.91. The summed E-state index contributed by atoms with van der Waals surface area (Å²) in [6.07, 6.45) is 6.99. The Morgan fingerprint density at radius 3 is 3.21 bits per heavy atom. The number of nitrogens with zero attached hydrogens (tertiary/aromatic N) is 5. The number of hydrogen-bond acceptors (Lipinski definition) is 5. The Hall–Kier alpha value is -3.01. The molecular formula is C17H16N6O. The molecule has 7 heteroatoms. The topological polar surface area (TPSA) is 98.6 Å². The predicted octanol–water partition coefficient (Wildman–Crippen LogP) is 2.13. The van der Waals surface area contributed by atoms with Crippen LogP contribution in [0.1, 0.15) is 30.9 Å². The van der Waals surface area contributed by atoms with Crippen molar-refractivity contribution in [2.45, 2.75) is 25.2 Å². The van der Waals surface area contributed by atoms with E-state index in [1.807, 2.05) is 18.3 Å². The van der Waals surface area contributed by atoms with E-state index in [1.54, 1.807) is 17.4 Å². The number of likely N-dealkylation sites (tertiary alicyclic amines) is 1. The molecule has 1 aliphatic heterocycles. The van der Waals surface area contributed by atoms with Gasteiger partial charge < -0.3 is 9.88 Å². The summed E-state index contributed by atoms with van der Waals surface area (Å²) in [5, 5.41) is 10.8. The third-order valence-corrected chi connectivity index (χ3v) is 4.61. The van der Waals surface area contributed by atoms with Crippen LogP contribution in [0.2, 0.25) is 0 Å². The maximum Gasteiger partial charge on any atom is 0.236 e. The van der Waals surface area contributed by atoms with Gasteiger partial charge in [-0.05, 0) is 18.9 Å². The van der Waals surface area contributed by atoms with Crippen LogP contribution in [0.4, 0.5) is 0 Å². The molecule has 1 atom stereocenters. The van der Waals surface area contributed by atoms with Crippen LogP contribution < -0.4 is 0 Å². The van der Waals surface area contributed by atoms with Gasteiger partial charge in [-0.1, -0.05) is 0 Å². The number of amides is 1. The Morgan fingerprint density at radius 1 is 1.42 bits per heavy atom. The number of hydrogen-bond donors (Lipinski definition) is 1. The molecule has 1 saturated heterocycles. The van der Waals surface area contributed by atoms with Crippen molar-refractivity contribution in [1.82, 2.24) is 24.8 Å². The SMILES string of the molecule is N#CCC(=O)N1CCCC(c2ncnc3cnc4[nH]ccc4c23)C1. The van der Waals surface area contributed by atoms with Gasteiger partial charge in [-0.3, -0.25) is 4.79 Å². The van der Waals surface area contributed by atoms with Crippen LogP contribution in [-0.2, 0) is 4.79 Å². The molecule has 1 aliphatic rings. The number of nitrogens with one attached hydrogen (secondary N) is 1. The summed E-state index contributed by atoms with van der Waals surface area (Å²) in [5.41, 5.74) is 2.58. The average Bonchev–Trinajstić information content (AvgIpc) is 3.10. The number of fused-ring (bicyclic) bond motifs is 3. The summed E-state index contributed by atoms with van der Waals surface area (Å²) in [7, 11) is 0. The molecule has 0 saturated carbocycles. The molecule has 120 valence electrons. The molecule has 24 heavy (non-hydrogen) atoms. The van der Waals surface area contributed by atoms with Crippen LogP contribution in [0, 0.1) is 11.3 Å². The Kier molecular flexibility index (Phi) is 3.58. The fourth-order valence-corrected chi connectivity index (χ4v) is 3.50. The van der Waals surface area contributed by atoms with Crippen molar-refractivity contribution in [2.75, 3.05) is 13.1 Å². The number of piperidine rings is 1. The minimum atomic E-state index is -0.103. The highest BCUT2D eigenvalue weighted by Crippen LogP contribution is 2.33. The van der Waals surface area contributed by atoms with E-state index in [2.05, 4.69) is 19.9 Å². The Balaban J connectivity index is 1.77. The largest absolute Gasteiger partial charge is 0.346 e. The van der Waals surface area contributed by atoms with Crippen molar-refractivity contribution < 1.29 is 4.79 Å².